The van der Waals surface area contributed by atoms with Crippen LogP contribution in [-0.2, 0) is 11.2 Å². The quantitative estimate of drug-likeness (QED) is 0.457. The highest BCUT2D eigenvalue weighted by Crippen LogP contribution is 2.41. The highest BCUT2D eigenvalue weighted by Gasteiger charge is 2.29. The molecule has 0 bridgehead atoms. The predicted molar refractivity (Wildman–Crippen MR) is 131 cm³/mol. The second kappa shape index (κ2) is 9.17. The zero-order valence-corrected chi connectivity index (χ0v) is 19.1. The van der Waals surface area contributed by atoms with E-state index in [4.69, 9.17) is 10.5 Å². The van der Waals surface area contributed by atoms with Crippen LogP contribution in [0.1, 0.15) is 16.5 Å². The number of nitrogens with zero attached hydrogens (tertiary/aromatic N) is 3. The molecule has 168 valence electrons. The predicted octanol–water partition coefficient (Wildman–Crippen LogP) is 3.66. The number of fused-ring (bicyclic) bond motifs is 1. The zero-order valence-electron chi connectivity index (χ0n) is 18.3. The lowest BCUT2D eigenvalue weighted by atomic mass is 10.0. The van der Waals surface area contributed by atoms with Gasteiger partial charge >= 0.3 is 0 Å². The smallest absolute Gasteiger partial charge is 0.237 e. The van der Waals surface area contributed by atoms with E-state index >= 15 is 0 Å². The molecule has 33 heavy (non-hydrogen) atoms. The molecule has 1 fully saturated rings. The Balaban J connectivity index is 1.51. The molecule has 1 unspecified atom stereocenters. The number of piperazine rings is 1. The molecule has 0 aliphatic carbocycles. The largest absolute Gasteiger partial charge is 0.497 e. The van der Waals surface area contributed by atoms with Crippen molar-refractivity contribution in [2.75, 3.05) is 32.5 Å². The van der Waals surface area contributed by atoms with Crippen molar-refractivity contribution in [1.29, 1.82) is 0 Å². The summed E-state index contributed by atoms with van der Waals surface area (Å²) in [6.45, 7) is 1.79. The van der Waals surface area contributed by atoms with Crippen LogP contribution >= 0.6 is 11.3 Å². The summed E-state index contributed by atoms with van der Waals surface area (Å²) in [5, 5.41) is 4.17. The summed E-state index contributed by atoms with van der Waals surface area (Å²) in [6, 6.07) is 16.0. The van der Waals surface area contributed by atoms with Crippen LogP contribution in [0.3, 0.4) is 0 Å². The van der Waals surface area contributed by atoms with Crippen LogP contribution in [0.2, 0.25) is 0 Å². The Labute approximate surface area is 196 Å². The van der Waals surface area contributed by atoms with Gasteiger partial charge in [0.05, 0.1) is 35.8 Å². The lowest BCUT2D eigenvalue weighted by Crippen LogP contribution is -2.49. The number of nitrogen functional groups attached to an aromatic ring is 1. The van der Waals surface area contributed by atoms with Crippen LogP contribution in [0.25, 0.3) is 21.3 Å². The number of anilines is 1. The van der Waals surface area contributed by atoms with Gasteiger partial charge in [0.15, 0.2) is 0 Å². The van der Waals surface area contributed by atoms with Crippen LogP contribution in [0.5, 0.6) is 5.75 Å². The molecule has 8 heteroatoms. The third-order valence-electron chi connectivity index (χ3n) is 5.96. The molecule has 2 aromatic carbocycles. The first-order chi connectivity index (χ1) is 16.1. The monoisotopic (exact) mass is 459 g/mol. The van der Waals surface area contributed by atoms with Crippen LogP contribution in [-0.4, -0.2) is 47.5 Å². The van der Waals surface area contributed by atoms with Crippen molar-refractivity contribution in [2.45, 2.75) is 12.5 Å². The van der Waals surface area contributed by atoms with Crippen LogP contribution in [0.4, 0.5) is 5.69 Å². The second-order valence-electron chi connectivity index (χ2n) is 8.06. The van der Waals surface area contributed by atoms with Crippen LogP contribution in [0, 0.1) is 0 Å². The summed E-state index contributed by atoms with van der Waals surface area (Å²) in [4.78, 5) is 25.4. The molecule has 1 amide bonds. The normalized spacial score (nSPS) is 15.1. The maximum absolute atomic E-state index is 12.8. The number of hydrogen-bond acceptors (Lipinski definition) is 7. The molecule has 7 nitrogen and oxygen atoms in total. The van der Waals surface area contributed by atoms with Gasteiger partial charge in [-0.3, -0.25) is 4.79 Å². The van der Waals surface area contributed by atoms with E-state index in [1.165, 1.54) is 0 Å². The van der Waals surface area contributed by atoms with Crippen molar-refractivity contribution < 1.29 is 9.53 Å². The topological polar surface area (TPSA) is 93.4 Å². The van der Waals surface area contributed by atoms with Crippen LogP contribution < -0.4 is 15.8 Å². The number of aromatic nitrogens is 2. The molecule has 0 spiro atoms. The average molecular weight is 460 g/mol. The molecular formula is C25H25N5O2S. The maximum atomic E-state index is 12.8. The average Bonchev–Trinajstić information content (AvgIpc) is 3.24. The third kappa shape index (κ3) is 4.40. The molecule has 3 heterocycles. The fraction of sp³-hybridized carbons (Fsp3) is 0.240. The number of thiophene rings is 1. The number of hydrogen-bond donors (Lipinski definition) is 2. The Hall–Kier alpha value is -3.49. The summed E-state index contributed by atoms with van der Waals surface area (Å²) in [6.07, 6.45) is 4.06. The second-order valence-corrected chi connectivity index (χ2v) is 9.15. The van der Waals surface area contributed by atoms with E-state index in [-0.39, 0.29) is 11.9 Å². The molecule has 4 aromatic rings. The fourth-order valence-electron chi connectivity index (χ4n) is 4.24. The number of carbonyl (C=O) groups is 1. The Morgan fingerprint density at radius 2 is 2.06 bits per heavy atom. The Morgan fingerprint density at radius 3 is 2.85 bits per heavy atom. The van der Waals surface area contributed by atoms with Gasteiger partial charge in [-0.1, -0.05) is 12.1 Å². The van der Waals surface area contributed by atoms with Gasteiger partial charge in [0.25, 0.3) is 0 Å². The highest BCUT2D eigenvalue weighted by atomic mass is 32.1. The van der Waals surface area contributed by atoms with Crippen molar-refractivity contribution in [3.05, 3.63) is 71.5 Å². The molecule has 3 N–H and O–H groups in total. The minimum atomic E-state index is -0.0989. The van der Waals surface area contributed by atoms with Crippen LogP contribution in [0.15, 0.2) is 61.1 Å². The van der Waals surface area contributed by atoms with Crippen molar-refractivity contribution in [3.63, 3.8) is 0 Å². The van der Waals surface area contributed by atoms with E-state index < -0.39 is 0 Å². The molecule has 1 aliphatic heterocycles. The molecule has 0 radical (unpaired) electrons. The molecule has 1 aliphatic rings. The molecule has 0 saturated carbocycles. The van der Waals surface area contributed by atoms with Crippen molar-refractivity contribution >= 4 is 33.8 Å². The lowest BCUT2D eigenvalue weighted by molar-refractivity contribution is -0.134. The highest BCUT2D eigenvalue weighted by molar-refractivity contribution is 7.16. The fourth-order valence-corrected chi connectivity index (χ4v) is 5.44. The van der Waals surface area contributed by atoms with Gasteiger partial charge in [-0.15, -0.1) is 11.3 Å². The minimum absolute atomic E-state index is 0.0989. The number of rotatable bonds is 6. The number of nitrogens with one attached hydrogen (secondary N) is 1. The lowest BCUT2D eigenvalue weighted by Gasteiger charge is -2.34. The number of methoxy groups -OCH3 is 1. The molecule has 1 saturated heterocycles. The molecule has 2 aromatic heterocycles. The Bertz CT molecular complexity index is 1290. The van der Waals surface area contributed by atoms with Crippen molar-refractivity contribution in [1.82, 2.24) is 20.2 Å². The number of amides is 1. The summed E-state index contributed by atoms with van der Waals surface area (Å²) in [5.41, 5.74) is 10.2. The summed E-state index contributed by atoms with van der Waals surface area (Å²) >= 11 is 1.65. The van der Waals surface area contributed by atoms with E-state index in [1.807, 2.05) is 47.5 Å². The van der Waals surface area contributed by atoms with E-state index in [0.29, 0.717) is 19.5 Å². The SMILES string of the molecule is COc1ccc(-c2sc(C(Cc3ccc4cncnc4c3)N3CCNCC3=O)cc2N)cc1. The number of benzene rings is 2. The standard InChI is InChI=1S/C25H25N5O2S/c1-32-19-6-4-17(5-7-19)25-20(26)12-23(33-25)22(30-9-8-27-14-24(30)31)11-16-2-3-18-13-28-15-29-21(18)10-16/h2-7,10,12-13,15,22,27H,8-9,11,14,26H2,1H3. The van der Waals surface area contributed by atoms with E-state index in [2.05, 4.69) is 27.4 Å². The Kier molecular flexibility index (Phi) is 5.93. The van der Waals surface area contributed by atoms with Gasteiger partial charge in [-0.05, 0) is 53.9 Å². The van der Waals surface area contributed by atoms with Crippen molar-refractivity contribution in [2.24, 2.45) is 0 Å². The first-order valence-corrected chi connectivity index (χ1v) is 11.7. The minimum Gasteiger partial charge on any atom is -0.497 e. The summed E-state index contributed by atoms with van der Waals surface area (Å²) in [5.74, 6) is 0.908. The summed E-state index contributed by atoms with van der Waals surface area (Å²) in [7, 11) is 1.65. The molecule has 5 rings (SSSR count). The first kappa shape index (κ1) is 21.4. The van der Waals surface area contributed by atoms with Gasteiger partial charge in [0, 0.05) is 29.5 Å². The summed E-state index contributed by atoms with van der Waals surface area (Å²) < 4.78 is 5.28. The van der Waals surface area contributed by atoms with Gasteiger partial charge in [-0.25, -0.2) is 9.97 Å². The van der Waals surface area contributed by atoms with Crippen molar-refractivity contribution in [3.8, 4) is 16.2 Å². The van der Waals surface area contributed by atoms with Gasteiger partial charge in [0.2, 0.25) is 5.91 Å². The maximum Gasteiger partial charge on any atom is 0.237 e. The van der Waals surface area contributed by atoms with Gasteiger partial charge in [0.1, 0.15) is 12.1 Å². The number of carbonyl (C=O) groups excluding carboxylic acids is 1. The number of nitrogens with two attached hydrogens (primary N) is 1. The van der Waals surface area contributed by atoms with E-state index in [1.54, 1.807) is 24.8 Å². The van der Waals surface area contributed by atoms with Gasteiger partial charge < -0.3 is 20.7 Å². The van der Waals surface area contributed by atoms with E-state index in [9.17, 15) is 4.79 Å². The first-order valence-electron chi connectivity index (χ1n) is 10.8. The zero-order chi connectivity index (χ0) is 22.8. The molecule has 1 atom stereocenters. The Morgan fingerprint density at radius 1 is 1.21 bits per heavy atom. The number of ether oxygens (including phenoxy) is 1. The molecular weight excluding hydrogens is 434 g/mol. The van der Waals surface area contributed by atoms with E-state index in [0.717, 1.165) is 49.8 Å². The third-order valence-corrected chi connectivity index (χ3v) is 7.26. The van der Waals surface area contributed by atoms with Gasteiger partial charge in [-0.2, -0.15) is 0 Å².